The van der Waals surface area contributed by atoms with Crippen molar-refractivity contribution in [2.24, 2.45) is 0 Å². The lowest BCUT2D eigenvalue weighted by Gasteiger charge is -2.12. The van der Waals surface area contributed by atoms with Gasteiger partial charge in [-0.25, -0.2) is 4.98 Å². The Balaban J connectivity index is 1.67. The molecule has 0 fully saturated rings. The predicted molar refractivity (Wildman–Crippen MR) is 129 cm³/mol. The minimum atomic E-state index is 0.646. The van der Waals surface area contributed by atoms with Crippen LogP contribution in [0.1, 0.15) is 12.6 Å². The van der Waals surface area contributed by atoms with Crippen molar-refractivity contribution in [3.8, 4) is 28.1 Å². The molecule has 158 valence electrons. The third-order valence-electron chi connectivity index (χ3n) is 5.33. The van der Waals surface area contributed by atoms with Crippen molar-refractivity contribution in [1.82, 2.24) is 14.6 Å². The summed E-state index contributed by atoms with van der Waals surface area (Å²) in [5.41, 5.74) is 6.80. The first-order valence-electron chi connectivity index (χ1n) is 10.7. The Morgan fingerprint density at radius 1 is 0.844 bits per heavy atom. The lowest BCUT2D eigenvalue weighted by molar-refractivity contribution is 0.340. The third-order valence-corrected chi connectivity index (χ3v) is 5.33. The summed E-state index contributed by atoms with van der Waals surface area (Å²) in [4.78, 5) is 5.02. The number of nitrogens with zero attached hydrogens (tertiary/aromatic N) is 3. The molecule has 0 unspecified atom stereocenters. The molecule has 32 heavy (non-hydrogen) atoms. The minimum absolute atomic E-state index is 0.646. The van der Waals surface area contributed by atoms with E-state index in [0.29, 0.717) is 6.61 Å². The van der Waals surface area contributed by atoms with Crippen LogP contribution in [0.5, 0.6) is 5.75 Å². The van der Waals surface area contributed by atoms with Crippen molar-refractivity contribution in [1.29, 1.82) is 0 Å². The molecular formula is C27H24N4O. The second-order valence-corrected chi connectivity index (χ2v) is 7.54. The minimum Gasteiger partial charge on any atom is -0.494 e. The first-order chi connectivity index (χ1) is 15.7. The van der Waals surface area contributed by atoms with Gasteiger partial charge in [0.25, 0.3) is 0 Å². The van der Waals surface area contributed by atoms with Crippen molar-refractivity contribution >= 4 is 17.2 Å². The fourth-order valence-electron chi connectivity index (χ4n) is 3.86. The molecule has 2 aromatic heterocycles. The molecule has 5 heteroatoms. The van der Waals surface area contributed by atoms with E-state index in [9.17, 15) is 0 Å². The number of ether oxygens (including phenoxy) is 1. The second kappa shape index (κ2) is 8.55. The molecule has 0 aliphatic heterocycles. The molecule has 0 bridgehead atoms. The van der Waals surface area contributed by atoms with Gasteiger partial charge in [-0.3, -0.25) is 0 Å². The Labute approximate surface area is 187 Å². The summed E-state index contributed by atoms with van der Waals surface area (Å²) in [5, 5.41) is 8.36. The highest BCUT2D eigenvalue weighted by Crippen LogP contribution is 2.32. The number of anilines is 2. The fourth-order valence-corrected chi connectivity index (χ4v) is 3.86. The van der Waals surface area contributed by atoms with E-state index in [2.05, 4.69) is 29.6 Å². The van der Waals surface area contributed by atoms with Gasteiger partial charge in [0.05, 0.1) is 18.0 Å². The van der Waals surface area contributed by atoms with Gasteiger partial charge in [0.2, 0.25) is 0 Å². The van der Waals surface area contributed by atoms with E-state index in [0.717, 1.165) is 51.0 Å². The monoisotopic (exact) mass is 420 g/mol. The molecule has 5 rings (SSSR count). The number of rotatable bonds is 6. The maximum Gasteiger partial charge on any atom is 0.166 e. The average molecular weight is 421 g/mol. The molecule has 5 nitrogen and oxygen atoms in total. The largest absolute Gasteiger partial charge is 0.494 e. The molecule has 2 heterocycles. The van der Waals surface area contributed by atoms with Gasteiger partial charge >= 0.3 is 0 Å². The summed E-state index contributed by atoms with van der Waals surface area (Å²) in [6.07, 6.45) is 0. The van der Waals surface area contributed by atoms with Crippen LogP contribution in [0.4, 0.5) is 11.5 Å². The van der Waals surface area contributed by atoms with Crippen LogP contribution in [0.3, 0.4) is 0 Å². The molecule has 0 aliphatic carbocycles. The number of aromatic nitrogens is 3. The van der Waals surface area contributed by atoms with E-state index >= 15 is 0 Å². The van der Waals surface area contributed by atoms with E-state index in [-0.39, 0.29) is 0 Å². The van der Waals surface area contributed by atoms with Crippen LogP contribution < -0.4 is 10.1 Å². The van der Waals surface area contributed by atoms with E-state index in [4.69, 9.17) is 14.8 Å². The molecular weight excluding hydrogens is 396 g/mol. The van der Waals surface area contributed by atoms with Crippen molar-refractivity contribution in [2.75, 3.05) is 11.9 Å². The lowest BCUT2D eigenvalue weighted by Crippen LogP contribution is -2.03. The molecule has 0 aliphatic rings. The highest BCUT2D eigenvalue weighted by Gasteiger charge is 2.17. The van der Waals surface area contributed by atoms with Gasteiger partial charge in [-0.05, 0) is 43.7 Å². The standard InChI is InChI=1S/C27H24N4O/c1-3-32-23-16-14-22(15-17-23)28-25-18-24(20-10-6-4-7-11-20)29-27-26(19(2)30-31(25)27)21-12-8-5-9-13-21/h4-18,28H,3H2,1-2H3. The highest BCUT2D eigenvalue weighted by atomic mass is 16.5. The first kappa shape index (κ1) is 19.8. The van der Waals surface area contributed by atoms with Gasteiger partial charge in [0, 0.05) is 22.9 Å². The smallest absolute Gasteiger partial charge is 0.166 e. The normalized spacial score (nSPS) is 10.9. The number of aryl methyl sites for hydroxylation is 1. The second-order valence-electron chi connectivity index (χ2n) is 7.54. The lowest BCUT2D eigenvalue weighted by atomic mass is 10.1. The van der Waals surface area contributed by atoms with Gasteiger partial charge in [0.15, 0.2) is 5.65 Å². The van der Waals surface area contributed by atoms with Crippen molar-refractivity contribution in [3.63, 3.8) is 0 Å². The zero-order valence-corrected chi connectivity index (χ0v) is 18.1. The van der Waals surface area contributed by atoms with Crippen LogP contribution >= 0.6 is 0 Å². The molecule has 0 amide bonds. The van der Waals surface area contributed by atoms with Gasteiger partial charge in [0.1, 0.15) is 11.6 Å². The third kappa shape index (κ3) is 3.81. The van der Waals surface area contributed by atoms with Crippen LogP contribution in [0, 0.1) is 6.92 Å². The molecule has 5 aromatic rings. The van der Waals surface area contributed by atoms with E-state index in [1.54, 1.807) is 0 Å². The Morgan fingerprint density at radius 2 is 1.50 bits per heavy atom. The number of hydrogen-bond acceptors (Lipinski definition) is 4. The van der Waals surface area contributed by atoms with Crippen LogP contribution in [0.2, 0.25) is 0 Å². The van der Waals surface area contributed by atoms with Crippen molar-refractivity contribution in [3.05, 3.63) is 96.7 Å². The molecule has 0 saturated heterocycles. The van der Waals surface area contributed by atoms with Crippen LogP contribution in [0.25, 0.3) is 28.0 Å². The Bertz CT molecular complexity index is 1340. The molecule has 1 N–H and O–H groups in total. The predicted octanol–water partition coefficient (Wildman–Crippen LogP) is 6.51. The summed E-state index contributed by atoms with van der Waals surface area (Å²) < 4.78 is 7.46. The number of fused-ring (bicyclic) bond motifs is 1. The molecule has 0 saturated carbocycles. The Morgan fingerprint density at radius 3 is 2.16 bits per heavy atom. The zero-order chi connectivity index (χ0) is 21.9. The average Bonchev–Trinajstić information content (AvgIpc) is 3.17. The maximum absolute atomic E-state index is 5.57. The first-order valence-corrected chi connectivity index (χ1v) is 10.7. The quantitative estimate of drug-likeness (QED) is 0.340. The van der Waals surface area contributed by atoms with Crippen LogP contribution in [-0.4, -0.2) is 21.2 Å². The van der Waals surface area contributed by atoms with E-state index in [1.807, 2.05) is 85.1 Å². The molecule has 0 radical (unpaired) electrons. The molecule has 0 atom stereocenters. The summed E-state index contributed by atoms with van der Waals surface area (Å²) in [6.45, 7) is 4.65. The number of hydrogen-bond donors (Lipinski definition) is 1. The fraction of sp³-hybridized carbons (Fsp3) is 0.111. The molecule has 3 aromatic carbocycles. The van der Waals surface area contributed by atoms with Crippen molar-refractivity contribution in [2.45, 2.75) is 13.8 Å². The summed E-state index contributed by atoms with van der Waals surface area (Å²) in [5.74, 6) is 1.70. The van der Waals surface area contributed by atoms with Crippen LogP contribution in [0.15, 0.2) is 91.0 Å². The molecule has 0 spiro atoms. The summed E-state index contributed by atoms with van der Waals surface area (Å²) in [6, 6.07) is 30.5. The SMILES string of the molecule is CCOc1ccc(Nc2cc(-c3ccccc3)nc3c(-c4ccccc4)c(C)nn23)cc1. The number of benzene rings is 3. The van der Waals surface area contributed by atoms with Crippen LogP contribution in [-0.2, 0) is 0 Å². The summed E-state index contributed by atoms with van der Waals surface area (Å²) in [7, 11) is 0. The van der Waals surface area contributed by atoms with Crippen molar-refractivity contribution < 1.29 is 4.74 Å². The maximum atomic E-state index is 5.57. The van der Waals surface area contributed by atoms with Gasteiger partial charge in [-0.2, -0.15) is 9.61 Å². The number of nitrogens with one attached hydrogen (secondary N) is 1. The highest BCUT2D eigenvalue weighted by molar-refractivity contribution is 5.83. The van der Waals surface area contributed by atoms with Gasteiger partial charge in [-0.1, -0.05) is 60.7 Å². The van der Waals surface area contributed by atoms with E-state index < -0.39 is 0 Å². The van der Waals surface area contributed by atoms with Gasteiger partial charge < -0.3 is 10.1 Å². The Kier molecular flexibility index (Phi) is 5.30. The zero-order valence-electron chi connectivity index (χ0n) is 18.1. The Hall–Kier alpha value is -4.12. The van der Waals surface area contributed by atoms with Gasteiger partial charge in [-0.15, -0.1) is 0 Å². The van der Waals surface area contributed by atoms with E-state index in [1.165, 1.54) is 0 Å². The summed E-state index contributed by atoms with van der Waals surface area (Å²) >= 11 is 0. The topological polar surface area (TPSA) is 51.5 Å².